The van der Waals surface area contributed by atoms with Crippen molar-refractivity contribution in [3.05, 3.63) is 29.8 Å². The lowest BCUT2D eigenvalue weighted by atomic mass is 10.2. The van der Waals surface area contributed by atoms with E-state index in [2.05, 4.69) is 10.6 Å². The van der Waals surface area contributed by atoms with Crippen LogP contribution in [0.1, 0.15) is 18.4 Å². The fraction of sp³-hybridized carbons (Fsp3) is 0.500. The van der Waals surface area contributed by atoms with Crippen molar-refractivity contribution < 1.29 is 14.3 Å². The van der Waals surface area contributed by atoms with E-state index in [1.807, 2.05) is 24.3 Å². The van der Waals surface area contributed by atoms with E-state index in [1.54, 1.807) is 7.11 Å². The van der Waals surface area contributed by atoms with Crippen LogP contribution in [0.3, 0.4) is 0 Å². The van der Waals surface area contributed by atoms with Crippen molar-refractivity contribution in [3.8, 4) is 5.75 Å². The molecule has 1 aromatic carbocycles. The zero-order valence-electron chi connectivity index (χ0n) is 11.1. The Labute approximate surface area is 113 Å². The number of amides is 2. The van der Waals surface area contributed by atoms with Gasteiger partial charge in [0.1, 0.15) is 5.75 Å². The minimum Gasteiger partial charge on any atom is -0.497 e. The Balaban J connectivity index is 1.70. The molecular weight excluding hydrogens is 244 g/mol. The third-order valence-electron chi connectivity index (χ3n) is 3.10. The lowest BCUT2D eigenvalue weighted by molar-refractivity contribution is 0.111. The molecule has 1 heterocycles. The first-order chi connectivity index (χ1) is 9.28. The number of rotatable bonds is 5. The van der Waals surface area contributed by atoms with Gasteiger partial charge >= 0.3 is 6.03 Å². The summed E-state index contributed by atoms with van der Waals surface area (Å²) in [5.74, 6) is 0.791. The van der Waals surface area contributed by atoms with Gasteiger partial charge in [-0.3, -0.25) is 0 Å². The maximum Gasteiger partial charge on any atom is 0.315 e. The van der Waals surface area contributed by atoms with Crippen LogP contribution in [0, 0.1) is 0 Å². The first kappa shape index (κ1) is 13.7. The van der Waals surface area contributed by atoms with Gasteiger partial charge in [-0.2, -0.15) is 0 Å². The minimum atomic E-state index is -0.168. The second-order valence-corrected chi connectivity index (χ2v) is 4.55. The summed E-state index contributed by atoms with van der Waals surface area (Å²) in [5.41, 5.74) is 1.01. The highest BCUT2D eigenvalue weighted by Crippen LogP contribution is 2.12. The minimum absolute atomic E-state index is 0.168. The lowest BCUT2D eigenvalue weighted by Gasteiger charge is -2.12. The molecule has 0 spiro atoms. The monoisotopic (exact) mass is 264 g/mol. The van der Waals surface area contributed by atoms with Crippen molar-refractivity contribution in [2.45, 2.75) is 25.5 Å². The Morgan fingerprint density at radius 3 is 3.11 bits per heavy atom. The second-order valence-electron chi connectivity index (χ2n) is 4.55. The van der Waals surface area contributed by atoms with Gasteiger partial charge in [0.2, 0.25) is 0 Å². The average Bonchev–Trinajstić information content (AvgIpc) is 2.96. The highest BCUT2D eigenvalue weighted by Gasteiger charge is 2.15. The molecule has 0 aromatic heterocycles. The molecule has 2 rings (SSSR count). The van der Waals surface area contributed by atoms with Crippen molar-refractivity contribution in [2.75, 3.05) is 20.3 Å². The van der Waals surface area contributed by atoms with Crippen molar-refractivity contribution in [3.63, 3.8) is 0 Å². The number of ether oxygens (including phenoxy) is 2. The van der Waals surface area contributed by atoms with Crippen LogP contribution >= 0.6 is 0 Å². The highest BCUT2D eigenvalue weighted by atomic mass is 16.5. The summed E-state index contributed by atoms with van der Waals surface area (Å²) in [6, 6.07) is 7.46. The number of carbonyl (C=O) groups excluding carboxylic acids is 1. The summed E-state index contributed by atoms with van der Waals surface area (Å²) >= 11 is 0. The zero-order chi connectivity index (χ0) is 13.5. The number of carbonyl (C=O) groups is 1. The fourth-order valence-electron chi connectivity index (χ4n) is 2.04. The Bertz CT molecular complexity index is 417. The van der Waals surface area contributed by atoms with E-state index in [-0.39, 0.29) is 12.1 Å². The second kappa shape index (κ2) is 6.99. The van der Waals surface area contributed by atoms with Crippen LogP contribution in [0.15, 0.2) is 24.3 Å². The molecule has 2 N–H and O–H groups in total. The molecule has 5 nitrogen and oxygen atoms in total. The zero-order valence-corrected chi connectivity index (χ0v) is 11.1. The van der Waals surface area contributed by atoms with E-state index < -0.39 is 0 Å². The molecule has 0 unspecified atom stereocenters. The Hall–Kier alpha value is -1.75. The summed E-state index contributed by atoms with van der Waals surface area (Å²) in [6.45, 7) is 1.86. The molecule has 19 heavy (non-hydrogen) atoms. The molecule has 1 fully saturated rings. The number of hydrogen-bond donors (Lipinski definition) is 2. The van der Waals surface area contributed by atoms with Crippen molar-refractivity contribution in [1.82, 2.24) is 10.6 Å². The lowest BCUT2D eigenvalue weighted by Crippen LogP contribution is -2.39. The average molecular weight is 264 g/mol. The van der Waals surface area contributed by atoms with Gasteiger partial charge in [-0.05, 0) is 30.5 Å². The van der Waals surface area contributed by atoms with Gasteiger partial charge in [-0.25, -0.2) is 4.79 Å². The first-order valence-electron chi connectivity index (χ1n) is 6.54. The summed E-state index contributed by atoms with van der Waals surface area (Å²) in [6.07, 6.45) is 2.27. The summed E-state index contributed by atoms with van der Waals surface area (Å²) in [5, 5.41) is 5.63. The first-order valence-corrected chi connectivity index (χ1v) is 6.54. The van der Waals surface area contributed by atoms with Crippen LogP contribution < -0.4 is 15.4 Å². The standard InChI is InChI=1S/C14H20N2O3/c1-18-12-5-2-4-11(8-12)9-15-14(17)16-10-13-6-3-7-19-13/h2,4-5,8,13H,3,6-7,9-10H2,1H3,(H2,15,16,17)/t13-/m1/s1. The Kier molecular flexibility index (Phi) is 5.03. The van der Waals surface area contributed by atoms with E-state index in [0.29, 0.717) is 13.1 Å². The van der Waals surface area contributed by atoms with Gasteiger partial charge in [0.15, 0.2) is 0 Å². The van der Waals surface area contributed by atoms with Gasteiger partial charge in [0.25, 0.3) is 0 Å². The summed E-state index contributed by atoms with van der Waals surface area (Å²) in [7, 11) is 1.63. The predicted molar refractivity (Wildman–Crippen MR) is 72.2 cm³/mol. The van der Waals surface area contributed by atoms with Gasteiger partial charge in [-0.15, -0.1) is 0 Å². The van der Waals surface area contributed by atoms with Crippen LogP contribution in [0.25, 0.3) is 0 Å². The molecule has 1 atom stereocenters. The maximum atomic E-state index is 11.6. The van der Waals surface area contributed by atoms with Crippen molar-refractivity contribution in [1.29, 1.82) is 0 Å². The molecule has 1 aliphatic rings. The largest absolute Gasteiger partial charge is 0.497 e. The Morgan fingerprint density at radius 1 is 1.47 bits per heavy atom. The molecule has 0 bridgehead atoms. The number of nitrogens with one attached hydrogen (secondary N) is 2. The van der Waals surface area contributed by atoms with E-state index in [1.165, 1.54) is 0 Å². The fourth-order valence-corrected chi connectivity index (χ4v) is 2.04. The number of benzene rings is 1. The smallest absolute Gasteiger partial charge is 0.315 e. The normalized spacial score (nSPS) is 18.1. The van der Waals surface area contributed by atoms with Gasteiger partial charge in [0.05, 0.1) is 13.2 Å². The molecule has 0 saturated carbocycles. The van der Waals surface area contributed by atoms with Crippen molar-refractivity contribution in [2.24, 2.45) is 0 Å². The predicted octanol–water partition coefficient (Wildman–Crippen LogP) is 1.67. The molecule has 0 radical (unpaired) electrons. The molecule has 104 valence electrons. The van der Waals surface area contributed by atoms with Crippen LogP contribution in [0.5, 0.6) is 5.75 Å². The Morgan fingerprint density at radius 2 is 2.37 bits per heavy atom. The third kappa shape index (κ3) is 4.44. The number of urea groups is 1. The van der Waals surface area contributed by atoms with Crippen molar-refractivity contribution >= 4 is 6.03 Å². The molecule has 1 aliphatic heterocycles. The van der Waals surface area contributed by atoms with Crippen LogP contribution in [0.4, 0.5) is 4.79 Å². The SMILES string of the molecule is COc1cccc(CNC(=O)NC[C@H]2CCCO2)c1. The molecular formula is C14H20N2O3. The van der Waals surface area contributed by atoms with E-state index in [4.69, 9.17) is 9.47 Å². The van der Waals surface area contributed by atoms with Gasteiger partial charge < -0.3 is 20.1 Å². The third-order valence-corrected chi connectivity index (χ3v) is 3.10. The molecule has 1 saturated heterocycles. The molecule has 5 heteroatoms. The quantitative estimate of drug-likeness (QED) is 0.850. The van der Waals surface area contributed by atoms with Gasteiger partial charge in [-0.1, -0.05) is 12.1 Å². The maximum absolute atomic E-state index is 11.6. The molecule has 1 aromatic rings. The number of methoxy groups -OCH3 is 1. The number of hydrogen-bond acceptors (Lipinski definition) is 3. The van der Waals surface area contributed by atoms with E-state index in [9.17, 15) is 4.79 Å². The topological polar surface area (TPSA) is 59.6 Å². The van der Waals surface area contributed by atoms with Crippen LogP contribution in [0.2, 0.25) is 0 Å². The van der Waals surface area contributed by atoms with Crippen LogP contribution in [-0.2, 0) is 11.3 Å². The highest BCUT2D eigenvalue weighted by molar-refractivity contribution is 5.73. The van der Waals surface area contributed by atoms with Gasteiger partial charge in [0, 0.05) is 19.7 Å². The molecule has 2 amide bonds. The summed E-state index contributed by atoms with van der Waals surface area (Å²) < 4.78 is 10.6. The van der Waals surface area contributed by atoms with E-state index >= 15 is 0 Å². The summed E-state index contributed by atoms with van der Waals surface area (Å²) in [4.78, 5) is 11.6. The van der Waals surface area contributed by atoms with E-state index in [0.717, 1.165) is 30.8 Å². The van der Waals surface area contributed by atoms with Crippen LogP contribution in [-0.4, -0.2) is 32.4 Å². The molecule has 0 aliphatic carbocycles.